The van der Waals surface area contributed by atoms with E-state index in [2.05, 4.69) is 0 Å². The van der Waals surface area contributed by atoms with Crippen LogP contribution in [0.25, 0.3) is 0 Å². The Labute approximate surface area is 70.1 Å². The third kappa shape index (κ3) is 1.94. The fourth-order valence-corrected chi connectivity index (χ4v) is 1.20. The lowest BCUT2D eigenvalue weighted by molar-refractivity contribution is -0.132. The standard InChI is InChI=1S/C7H12N2O3/c8-7(12)5(10)4-9-3-1-2-6(9)11/h5,10H,1-4H2,(H2,8,12). The number of aliphatic hydroxyl groups is 1. The predicted molar refractivity (Wildman–Crippen MR) is 41.0 cm³/mol. The quantitative estimate of drug-likeness (QED) is 0.541. The Bertz CT molecular complexity index is 205. The molecule has 1 aliphatic heterocycles. The van der Waals surface area contributed by atoms with Crippen LogP contribution in [0.3, 0.4) is 0 Å². The van der Waals surface area contributed by atoms with Crippen molar-refractivity contribution in [3.63, 3.8) is 0 Å². The number of carbonyl (C=O) groups is 2. The Hall–Kier alpha value is -1.10. The summed E-state index contributed by atoms with van der Waals surface area (Å²) in [6, 6.07) is 0. The van der Waals surface area contributed by atoms with Crippen molar-refractivity contribution < 1.29 is 14.7 Å². The molecule has 0 aromatic heterocycles. The fourth-order valence-electron chi connectivity index (χ4n) is 1.20. The van der Waals surface area contributed by atoms with Gasteiger partial charge in [0, 0.05) is 13.0 Å². The zero-order valence-corrected chi connectivity index (χ0v) is 6.69. The molecule has 1 rings (SSSR count). The van der Waals surface area contributed by atoms with Crippen LogP contribution in [0, 0.1) is 0 Å². The minimum Gasteiger partial charge on any atom is -0.381 e. The van der Waals surface area contributed by atoms with Crippen molar-refractivity contribution in [3.8, 4) is 0 Å². The number of hydrogen-bond acceptors (Lipinski definition) is 3. The summed E-state index contributed by atoms with van der Waals surface area (Å²) in [5.41, 5.74) is 4.83. The molecule has 0 spiro atoms. The van der Waals surface area contributed by atoms with Crippen molar-refractivity contribution in [2.45, 2.75) is 18.9 Å². The normalized spacial score (nSPS) is 19.8. The maximum absolute atomic E-state index is 11.0. The second-order valence-corrected chi connectivity index (χ2v) is 2.86. The van der Waals surface area contributed by atoms with Crippen molar-refractivity contribution in [1.82, 2.24) is 4.90 Å². The number of amides is 2. The van der Waals surface area contributed by atoms with Gasteiger partial charge >= 0.3 is 0 Å². The highest BCUT2D eigenvalue weighted by Crippen LogP contribution is 2.09. The summed E-state index contributed by atoms with van der Waals surface area (Å²) in [6.07, 6.45) is 0.0718. The molecule has 0 aromatic rings. The number of primary amides is 1. The largest absolute Gasteiger partial charge is 0.381 e. The highest BCUT2D eigenvalue weighted by molar-refractivity contribution is 5.81. The molecule has 0 saturated carbocycles. The number of nitrogens with two attached hydrogens (primary N) is 1. The van der Waals surface area contributed by atoms with Crippen LogP contribution in [0.5, 0.6) is 0 Å². The minimum atomic E-state index is -1.23. The van der Waals surface area contributed by atoms with Crippen LogP contribution in [0.1, 0.15) is 12.8 Å². The molecule has 12 heavy (non-hydrogen) atoms. The Morgan fingerprint density at radius 1 is 1.75 bits per heavy atom. The fraction of sp³-hybridized carbons (Fsp3) is 0.714. The first-order valence-corrected chi connectivity index (χ1v) is 3.86. The van der Waals surface area contributed by atoms with Crippen LogP contribution in [0.4, 0.5) is 0 Å². The molecule has 1 unspecified atom stereocenters. The molecule has 0 radical (unpaired) electrons. The van der Waals surface area contributed by atoms with E-state index in [1.165, 1.54) is 4.90 Å². The number of carbonyl (C=O) groups excluding carboxylic acids is 2. The number of hydrogen-bond donors (Lipinski definition) is 2. The molecule has 68 valence electrons. The van der Waals surface area contributed by atoms with E-state index in [9.17, 15) is 9.59 Å². The molecule has 1 aliphatic rings. The molecule has 0 aromatic carbocycles. The average molecular weight is 172 g/mol. The summed E-state index contributed by atoms with van der Waals surface area (Å²) in [7, 11) is 0. The van der Waals surface area contributed by atoms with Crippen molar-refractivity contribution >= 4 is 11.8 Å². The number of nitrogens with zero attached hydrogens (tertiary/aromatic N) is 1. The third-order valence-electron chi connectivity index (χ3n) is 1.89. The van der Waals surface area contributed by atoms with Gasteiger partial charge in [0.05, 0.1) is 6.54 Å². The number of β-amino-alcohol motifs (C(OH)–C–C–N with tert-alkyl or cyclic N) is 1. The predicted octanol–water partition coefficient (Wildman–Crippen LogP) is -1.54. The van der Waals surface area contributed by atoms with Crippen LogP contribution in [0.15, 0.2) is 0 Å². The van der Waals surface area contributed by atoms with Gasteiger partial charge in [0.2, 0.25) is 11.8 Å². The van der Waals surface area contributed by atoms with Crippen molar-refractivity contribution in [3.05, 3.63) is 0 Å². The summed E-state index contributed by atoms with van der Waals surface area (Å²) in [5.74, 6) is -0.801. The molecule has 1 heterocycles. The first-order valence-electron chi connectivity index (χ1n) is 3.86. The summed E-state index contributed by atoms with van der Waals surface area (Å²) in [5, 5.41) is 9.04. The number of aliphatic hydroxyl groups excluding tert-OH is 1. The molecule has 5 nitrogen and oxygen atoms in total. The molecule has 2 amide bonds. The van der Waals surface area contributed by atoms with Crippen molar-refractivity contribution in [2.75, 3.05) is 13.1 Å². The highest BCUT2D eigenvalue weighted by Gasteiger charge is 2.24. The van der Waals surface area contributed by atoms with E-state index in [0.29, 0.717) is 13.0 Å². The highest BCUT2D eigenvalue weighted by atomic mass is 16.3. The lowest BCUT2D eigenvalue weighted by Gasteiger charge is -2.17. The van der Waals surface area contributed by atoms with E-state index >= 15 is 0 Å². The van der Waals surface area contributed by atoms with Gasteiger partial charge in [-0.25, -0.2) is 0 Å². The van der Waals surface area contributed by atoms with Gasteiger partial charge in [-0.05, 0) is 6.42 Å². The lowest BCUT2D eigenvalue weighted by atomic mass is 10.3. The topological polar surface area (TPSA) is 83.6 Å². The zero-order chi connectivity index (χ0) is 9.14. The molecular weight excluding hydrogens is 160 g/mol. The van der Waals surface area contributed by atoms with Crippen molar-refractivity contribution in [1.29, 1.82) is 0 Å². The minimum absolute atomic E-state index is 0.0182. The van der Waals surface area contributed by atoms with Crippen LogP contribution in [0.2, 0.25) is 0 Å². The third-order valence-corrected chi connectivity index (χ3v) is 1.89. The Kier molecular flexibility index (Phi) is 2.65. The number of rotatable bonds is 3. The van der Waals surface area contributed by atoms with Crippen molar-refractivity contribution in [2.24, 2.45) is 5.73 Å². The Balaban J connectivity index is 2.40. The van der Waals surface area contributed by atoms with Gasteiger partial charge in [-0.1, -0.05) is 0 Å². The summed E-state index contributed by atoms with van der Waals surface area (Å²) in [4.78, 5) is 22.9. The molecule has 1 atom stereocenters. The van der Waals surface area contributed by atoms with Gasteiger partial charge in [0.15, 0.2) is 0 Å². The van der Waals surface area contributed by atoms with Gasteiger partial charge in [-0.2, -0.15) is 0 Å². The molecule has 0 bridgehead atoms. The van der Waals surface area contributed by atoms with E-state index in [1.54, 1.807) is 0 Å². The van der Waals surface area contributed by atoms with Crippen LogP contribution in [-0.4, -0.2) is 41.0 Å². The summed E-state index contributed by atoms with van der Waals surface area (Å²) in [6.45, 7) is 0.650. The molecule has 1 fully saturated rings. The second kappa shape index (κ2) is 3.53. The Morgan fingerprint density at radius 3 is 2.83 bits per heavy atom. The van der Waals surface area contributed by atoms with Gasteiger partial charge in [-0.3, -0.25) is 9.59 Å². The summed E-state index contributed by atoms with van der Waals surface area (Å²) < 4.78 is 0. The Morgan fingerprint density at radius 2 is 2.42 bits per heavy atom. The first kappa shape index (κ1) is 8.99. The molecule has 3 N–H and O–H groups in total. The monoisotopic (exact) mass is 172 g/mol. The molecular formula is C7H12N2O3. The lowest BCUT2D eigenvalue weighted by Crippen LogP contribution is -2.40. The summed E-state index contributed by atoms with van der Waals surface area (Å²) >= 11 is 0. The smallest absolute Gasteiger partial charge is 0.248 e. The zero-order valence-electron chi connectivity index (χ0n) is 6.69. The van der Waals surface area contributed by atoms with E-state index in [1.807, 2.05) is 0 Å². The SMILES string of the molecule is NC(=O)C(O)CN1CCCC1=O. The first-order chi connectivity index (χ1) is 5.61. The van der Waals surface area contributed by atoms with E-state index in [0.717, 1.165) is 6.42 Å². The van der Waals surface area contributed by atoms with Crippen LogP contribution >= 0.6 is 0 Å². The molecule has 0 aliphatic carbocycles. The van der Waals surface area contributed by atoms with Crippen LogP contribution < -0.4 is 5.73 Å². The molecule has 1 saturated heterocycles. The van der Waals surface area contributed by atoms with E-state index < -0.39 is 12.0 Å². The van der Waals surface area contributed by atoms with E-state index in [4.69, 9.17) is 10.8 Å². The second-order valence-electron chi connectivity index (χ2n) is 2.86. The maximum atomic E-state index is 11.0. The van der Waals surface area contributed by atoms with Crippen LogP contribution in [-0.2, 0) is 9.59 Å². The maximum Gasteiger partial charge on any atom is 0.248 e. The average Bonchev–Trinajstić information content (AvgIpc) is 2.36. The van der Waals surface area contributed by atoms with Gasteiger partial charge in [0.1, 0.15) is 6.10 Å². The van der Waals surface area contributed by atoms with Gasteiger partial charge in [0.25, 0.3) is 0 Å². The van der Waals surface area contributed by atoms with Gasteiger partial charge < -0.3 is 15.7 Å². The van der Waals surface area contributed by atoms with E-state index in [-0.39, 0.29) is 12.5 Å². The van der Waals surface area contributed by atoms with Gasteiger partial charge in [-0.15, -0.1) is 0 Å². The number of likely N-dealkylation sites (tertiary alicyclic amines) is 1. The molecule has 5 heteroatoms.